The Morgan fingerprint density at radius 3 is 2.58 bits per heavy atom. The monoisotopic (exact) mass is 365 g/mol. The standard InChI is InChI=1S/C22H23NO2S/c1-3-22(2)12-13-26-20-11-9-17(14-18(20)22)19(23)10-6-15-4-7-16(8-5-15)21(24)25/h4-11,14,23H,3,12-13H2,1-2H3,(H,24,25)/b10-6+,23-19?. The topological polar surface area (TPSA) is 61.2 Å². The molecular formula is C22H23NO2S. The Bertz CT molecular complexity index is 870. The largest absolute Gasteiger partial charge is 0.478 e. The molecule has 1 aliphatic heterocycles. The first-order chi connectivity index (χ1) is 12.4. The van der Waals surface area contributed by atoms with Crippen LogP contribution in [0.4, 0.5) is 0 Å². The van der Waals surface area contributed by atoms with Gasteiger partial charge in [-0.15, -0.1) is 11.8 Å². The molecule has 0 aliphatic carbocycles. The maximum absolute atomic E-state index is 10.9. The number of carbonyl (C=O) groups is 1. The lowest BCUT2D eigenvalue weighted by Gasteiger charge is -2.35. The third-order valence-electron chi connectivity index (χ3n) is 5.23. The van der Waals surface area contributed by atoms with E-state index in [-0.39, 0.29) is 11.0 Å². The fourth-order valence-electron chi connectivity index (χ4n) is 3.20. The van der Waals surface area contributed by atoms with E-state index < -0.39 is 5.97 Å². The highest BCUT2D eigenvalue weighted by atomic mass is 32.2. The quantitative estimate of drug-likeness (QED) is 0.675. The summed E-state index contributed by atoms with van der Waals surface area (Å²) in [4.78, 5) is 12.2. The van der Waals surface area contributed by atoms with Crippen molar-refractivity contribution in [3.05, 3.63) is 70.8 Å². The van der Waals surface area contributed by atoms with E-state index in [1.54, 1.807) is 30.3 Å². The first-order valence-electron chi connectivity index (χ1n) is 8.80. The summed E-state index contributed by atoms with van der Waals surface area (Å²) in [5, 5.41) is 17.4. The molecule has 2 aromatic rings. The number of thioether (sulfide) groups is 1. The molecule has 0 aromatic heterocycles. The number of rotatable bonds is 5. The van der Waals surface area contributed by atoms with Crippen LogP contribution in [0.15, 0.2) is 53.4 Å². The van der Waals surface area contributed by atoms with Gasteiger partial charge in [0.15, 0.2) is 0 Å². The summed E-state index contributed by atoms with van der Waals surface area (Å²) in [6.45, 7) is 4.55. The molecule has 0 bridgehead atoms. The second-order valence-corrected chi connectivity index (χ2v) is 8.03. The van der Waals surface area contributed by atoms with Gasteiger partial charge in [0.1, 0.15) is 0 Å². The average molecular weight is 365 g/mol. The Kier molecular flexibility index (Phi) is 5.33. The number of hydrogen-bond acceptors (Lipinski definition) is 3. The number of fused-ring (bicyclic) bond motifs is 1. The van der Waals surface area contributed by atoms with Gasteiger partial charge in [-0.2, -0.15) is 0 Å². The van der Waals surface area contributed by atoms with Crippen LogP contribution in [0.2, 0.25) is 0 Å². The van der Waals surface area contributed by atoms with Crippen molar-refractivity contribution in [2.45, 2.75) is 37.0 Å². The first kappa shape index (κ1) is 18.5. The van der Waals surface area contributed by atoms with Crippen molar-refractivity contribution in [1.82, 2.24) is 0 Å². The third kappa shape index (κ3) is 3.75. The van der Waals surface area contributed by atoms with Crippen molar-refractivity contribution in [2.24, 2.45) is 0 Å². The van der Waals surface area contributed by atoms with E-state index in [1.807, 2.05) is 23.9 Å². The molecule has 2 aromatic carbocycles. The van der Waals surface area contributed by atoms with Crippen molar-refractivity contribution in [3.8, 4) is 0 Å². The minimum atomic E-state index is -0.931. The van der Waals surface area contributed by atoms with Gasteiger partial charge in [-0.1, -0.05) is 38.1 Å². The Morgan fingerprint density at radius 1 is 1.23 bits per heavy atom. The molecule has 0 amide bonds. The average Bonchev–Trinajstić information content (AvgIpc) is 2.66. The molecule has 26 heavy (non-hydrogen) atoms. The first-order valence-corrected chi connectivity index (χ1v) is 9.79. The zero-order chi connectivity index (χ0) is 18.7. The molecule has 0 radical (unpaired) electrons. The van der Waals surface area contributed by atoms with Crippen molar-refractivity contribution in [1.29, 1.82) is 5.41 Å². The SMILES string of the molecule is CCC1(C)CCSc2ccc(C(=N)/C=C/c3ccc(C(=O)O)cc3)cc21. The number of carboxylic acid groups (broad SMARTS) is 1. The van der Waals surface area contributed by atoms with Crippen LogP contribution >= 0.6 is 11.8 Å². The Hall–Kier alpha value is -2.33. The summed E-state index contributed by atoms with van der Waals surface area (Å²) in [6, 6.07) is 13.0. The zero-order valence-electron chi connectivity index (χ0n) is 15.1. The van der Waals surface area contributed by atoms with Crippen LogP contribution in [0.3, 0.4) is 0 Å². The summed E-state index contributed by atoms with van der Waals surface area (Å²) < 4.78 is 0. The summed E-state index contributed by atoms with van der Waals surface area (Å²) in [7, 11) is 0. The predicted molar refractivity (Wildman–Crippen MR) is 109 cm³/mol. The summed E-state index contributed by atoms with van der Waals surface area (Å²) in [5.41, 5.74) is 4.08. The molecule has 1 aliphatic rings. The number of nitrogens with one attached hydrogen (secondary N) is 1. The summed E-state index contributed by atoms with van der Waals surface area (Å²) in [5.74, 6) is 0.222. The van der Waals surface area contributed by atoms with E-state index in [4.69, 9.17) is 10.5 Å². The van der Waals surface area contributed by atoms with E-state index in [9.17, 15) is 4.79 Å². The summed E-state index contributed by atoms with van der Waals surface area (Å²) in [6.07, 6.45) is 5.89. The highest BCUT2D eigenvalue weighted by Gasteiger charge is 2.31. The Balaban J connectivity index is 1.82. The zero-order valence-corrected chi connectivity index (χ0v) is 15.9. The van der Waals surface area contributed by atoms with Crippen LogP contribution in [-0.4, -0.2) is 22.5 Å². The second kappa shape index (κ2) is 7.50. The van der Waals surface area contributed by atoms with Gasteiger partial charge >= 0.3 is 5.97 Å². The van der Waals surface area contributed by atoms with Gasteiger partial charge in [0.05, 0.1) is 11.3 Å². The number of carboxylic acids is 1. The fourth-order valence-corrected chi connectivity index (χ4v) is 4.59. The maximum atomic E-state index is 10.9. The van der Waals surface area contributed by atoms with Gasteiger partial charge in [-0.25, -0.2) is 4.79 Å². The molecule has 2 N–H and O–H groups in total. The normalized spacial score (nSPS) is 19.3. The number of hydrogen-bond donors (Lipinski definition) is 2. The lowest BCUT2D eigenvalue weighted by atomic mass is 9.77. The van der Waals surface area contributed by atoms with E-state index in [0.717, 1.165) is 23.3 Å². The minimum Gasteiger partial charge on any atom is -0.478 e. The van der Waals surface area contributed by atoms with E-state index in [1.165, 1.54) is 16.9 Å². The molecule has 3 rings (SSSR count). The smallest absolute Gasteiger partial charge is 0.335 e. The van der Waals surface area contributed by atoms with Gasteiger partial charge in [0.2, 0.25) is 0 Å². The predicted octanol–water partition coefficient (Wildman–Crippen LogP) is 5.63. The molecule has 1 heterocycles. The van der Waals surface area contributed by atoms with Gasteiger partial charge < -0.3 is 10.5 Å². The van der Waals surface area contributed by atoms with Gasteiger partial charge in [0, 0.05) is 4.90 Å². The lowest BCUT2D eigenvalue weighted by molar-refractivity contribution is 0.0697. The number of benzene rings is 2. The van der Waals surface area contributed by atoms with Crippen molar-refractivity contribution in [2.75, 3.05) is 5.75 Å². The van der Waals surface area contributed by atoms with Crippen LogP contribution < -0.4 is 0 Å². The molecule has 0 fully saturated rings. The molecule has 0 saturated carbocycles. The Morgan fingerprint density at radius 2 is 1.92 bits per heavy atom. The van der Waals surface area contributed by atoms with Crippen LogP contribution in [0.25, 0.3) is 6.08 Å². The highest BCUT2D eigenvalue weighted by Crippen LogP contribution is 2.43. The molecule has 0 spiro atoms. The summed E-state index contributed by atoms with van der Waals surface area (Å²) >= 11 is 1.90. The minimum absolute atomic E-state index is 0.188. The van der Waals surface area contributed by atoms with Gasteiger partial charge in [0.25, 0.3) is 0 Å². The van der Waals surface area contributed by atoms with Gasteiger partial charge in [-0.05, 0) is 71.0 Å². The molecular weight excluding hydrogens is 342 g/mol. The van der Waals surface area contributed by atoms with Crippen molar-refractivity contribution in [3.63, 3.8) is 0 Å². The number of aromatic carboxylic acids is 1. The molecule has 1 unspecified atom stereocenters. The van der Waals surface area contributed by atoms with E-state index in [0.29, 0.717) is 5.71 Å². The molecule has 4 heteroatoms. The third-order valence-corrected chi connectivity index (χ3v) is 6.31. The lowest BCUT2D eigenvalue weighted by Crippen LogP contribution is -2.26. The molecule has 134 valence electrons. The van der Waals surface area contributed by atoms with Crippen LogP contribution in [0.5, 0.6) is 0 Å². The molecule has 0 saturated heterocycles. The maximum Gasteiger partial charge on any atom is 0.335 e. The van der Waals surface area contributed by atoms with Crippen molar-refractivity contribution >= 4 is 29.5 Å². The Labute approximate surface area is 158 Å². The van der Waals surface area contributed by atoms with Crippen LogP contribution in [0.1, 0.15) is 53.7 Å². The molecule has 3 nitrogen and oxygen atoms in total. The second-order valence-electron chi connectivity index (χ2n) is 6.90. The highest BCUT2D eigenvalue weighted by molar-refractivity contribution is 7.99. The fraction of sp³-hybridized carbons (Fsp3) is 0.273. The van der Waals surface area contributed by atoms with Crippen LogP contribution in [0, 0.1) is 5.41 Å². The number of allylic oxidation sites excluding steroid dienone is 1. The van der Waals surface area contributed by atoms with Gasteiger partial charge in [-0.3, -0.25) is 0 Å². The van der Waals surface area contributed by atoms with Crippen LogP contribution in [-0.2, 0) is 5.41 Å². The van der Waals surface area contributed by atoms with E-state index >= 15 is 0 Å². The molecule has 1 atom stereocenters. The van der Waals surface area contributed by atoms with Crippen molar-refractivity contribution < 1.29 is 9.90 Å². The van der Waals surface area contributed by atoms with E-state index in [2.05, 4.69) is 26.0 Å².